The van der Waals surface area contributed by atoms with Crippen LogP contribution in [0.25, 0.3) is 0 Å². The molecule has 13 heavy (non-hydrogen) atoms. The van der Waals surface area contributed by atoms with Gasteiger partial charge in [0.1, 0.15) is 6.23 Å². The molecule has 4 N–H and O–H groups in total. The van der Waals surface area contributed by atoms with Crippen LogP contribution in [0.15, 0.2) is 16.8 Å². The van der Waals surface area contributed by atoms with Crippen LogP contribution in [0.4, 0.5) is 4.79 Å². The fourth-order valence-corrected chi connectivity index (χ4v) is 1.68. The first-order chi connectivity index (χ1) is 6.18. The van der Waals surface area contributed by atoms with E-state index in [1.807, 2.05) is 16.8 Å². The van der Waals surface area contributed by atoms with E-state index in [0.29, 0.717) is 6.42 Å². The van der Waals surface area contributed by atoms with Crippen molar-refractivity contribution < 1.29 is 9.90 Å². The first kappa shape index (κ1) is 10.0. The third-order valence-electron chi connectivity index (χ3n) is 1.60. The van der Waals surface area contributed by atoms with Crippen molar-refractivity contribution in [1.29, 1.82) is 0 Å². The molecule has 0 saturated carbocycles. The van der Waals surface area contributed by atoms with Crippen LogP contribution in [0.2, 0.25) is 0 Å². The minimum atomic E-state index is -0.850. The number of aryl methyl sites for hydroxylation is 1. The molecule has 0 radical (unpaired) electrons. The quantitative estimate of drug-likeness (QED) is 0.625. The monoisotopic (exact) mass is 200 g/mol. The smallest absolute Gasteiger partial charge is 0.314 e. The number of aliphatic hydroxyl groups excluding tert-OH is 1. The predicted molar refractivity (Wildman–Crippen MR) is 51.4 cm³/mol. The second kappa shape index (κ2) is 4.84. The van der Waals surface area contributed by atoms with Gasteiger partial charge in [0.25, 0.3) is 0 Å². The van der Waals surface area contributed by atoms with Crippen molar-refractivity contribution in [3.63, 3.8) is 0 Å². The van der Waals surface area contributed by atoms with E-state index < -0.39 is 12.3 Å². The van der Waals surface area contributed by atoms with Crippen molar-refractivity contribution in [1.82, 2.24) is 5.32 Å². The Hall–Kier alpha value is -1.07. The Labute approximate surface area is 80.4 Å². The van der Waals surface area contributed by atoms with Gasteiger partial charge in [-0.2, -0.15) is 11.3 Å². The van der Waals surface area contributed by atoms with Gasteiger partial charge in [-0.25, -0.2) is 4.79 Å². The second-order valence-electron chi connectivity index (χ2n) is 2.69. The number of primary amides is 1. The van der Waals surface area contributed by atoms with E-state index in [9.17, 15) is 9.90 Å². The van der Waals surface area contributed by atoms with Crippen molar-refractivity contribution in [2.45, 2.75) is 19.1 Å². The van der Waals surface area contributed by atoms with Crippen molar-refractivity contribution >= 4 is 17.4 Å². The number of urea groups is 1. The van der Waals surface area contributed by atoms with Crippen LogP contribution in [-0.4, -0.2) is 17.4 Å². The number of carbonyl (C=O) groups excluding carboxylic acids is 1. The highest BCUT2D eigenvalue weighted by atomic mass is 32.1. The molecule has 1 rings (SSSR count). The summed E-state index contributed by atoms with van der Waals surface area (Å²) in [6, 6.07) is 1.29. The van der Waals surface area contributed by atoms with E-state index in [1.54, 1.807) is 11.3 Å². The average molecular weight is 200 g/mol. The normalized spacial score (nSPS) is 12.4. The second-order valence-corrected chi connectivity index (χ2v) is 3.47. The molecule has 0 aliphatic carbocycles. The number of amides is 2. The van der Waals surface area contributed by atoms with Crippen LogP contribution >= 0.6 is 11.3 Å². The van der Waals surface area contributed by atoms with Gasteiger partial charge in [0.2, 0.25) is 0 Å². The SMILES string of the molecule is NC(=O)NC(O)CCc1ccsc1. The highest BCUT2D eigenvalue weighted by molar-refractivity contribution is 7.07. The fourth-order valence-electron chi connectivity index (χ4n) is 0.975. The summed E-state index contributed by atoms with van der Waals surface area (Å²) in [5.41, 5.74) is 6.00. The van der Waals surface area contributed by atoms with Gasteiger partial charge in [-0.15, -0.1) is 0 Å². The lowest BCUT2D eigenvalue weighted by molar-refractivity contribution is 0.135. The third-order valence-corrected chi connectivity index (χ3v) is 2.33. The molecule has 1 heterocycles. The zero-order valence-electron chi connectivity index (χ0n) is 7.06. The zero-order chi connectivity index (χ0) is 9.68. The van der Waals surface area contributed by atoms with E-state index in [4.69, 9.17) is 5.73 Å². The molecule has 5 heteroatoms. The highest BCUT2D eigenvalue weighted by Gasteiger charge is 2.05. The molecule has 1 aromatic heterocycles. The highest BCUT2D eigenvalue weighted by Crippen LogP contribution is 2.08. The van der Waals surface area contributed by atoms with Gasteiger partial charge in [0.15, 0.2) is 0 Å². The minimum absolute atomic E-state index is 0.486. The first-order valence-electron chi connectivity index (χ1n) is 3.93. The van der Waals surface area contributed by atoms with Gasteiger partial charge in [0, 0.05) is 0 Å². The van der Waals surface area contributed by atoms with Crippen LogP contribution in [-0.2, 0) is 6.42 Å². The summed E-state index contributed by atoms with van der Waals surface area (Å²) in [6.45, 7) is 0. The summed E-state index contributed by atoms with van der Waals surface area (Å²) < 4.78 is 0. The third kappa shape index (κ3) is 3.91. The van der Waals surface area contributed by atoms with E-state index in [1.165, 1.54) is 0 Å². The van der Waals surface area contributed by atoms with Crippen LogP contribution in [0.3, 0.4) is 0 Å². The molecule has 0 saturated heterocycles. The number of nitrogens with one attached hydrogen (secondary N) is 1. The van der Waals surface area contributed by atoms with Gasteiger partial charge in [0.05, 0.1) is 0 Å². The number of aliphatic hydroxyl groups is 1. The average Bonchev–Trinajstić information content (AvgIpc) is 2.51. The summed E-state index contributed by atoms with van der Waals surface area (Å²) >= 11 is 1.61. The zero-order valence-corrected chi connectivity index (χ0v) is 7.88. The van der Waals surface area contributed by atoms with Crippen molar-refractivity contribution in [2.75, 3.05) is 0 Å². The van der Waals surface area contributed by atoms with Crippen LogP contribution in [0.5, 0.6) is 0 Å². The Bertz CT molecular complexity index is 261. The molecule has 0 aliphatic heterocycles. The molecular weight excluding hydrogens is 188 g/mol. The van der Waals surface area contributed by atoms with Gasteiger partial charge in [-0.05, 0) is 35.2 Å². The summed E-state index contributed by atoms with van der Waals surface area (Å²) in [6.07, 6.45) is 0.377. The largest absolute Gasteiger partial charge is 0.374 e. The van der Waals surface area contributed by atoms with Crippen molar-refractivity contribution in [2.24, 2.45) is 5.73 Å². The Morgan fingerprint density at radius 3 is 3.08 bits per heavy atom. The maximum atomic E-state index is 10.3. The summed E-state index contributed by atoms with van der Waals surface area (Å²) in [7, 11) is 0. The molecule has 0 aliphatic rings. The van der Waals surface area contributed by atoms with E-state index in [0.717, 1.165) is 12.0 Å². The van der Waals surface area contributed by atoms with Crippen molar-refractivity contribution in [3.05, 3.63) is 22.4 Å². The molecule has 0 bridgehead atoms. The summed E-state index contributed by atoms with van der Waals surface area (Å²) in [5.74, 6) is 0. The lowest BCUT2D eigenvalue weighted by Gasteiger charge is -2.09. The number of rotatable bonds is 4. The van der Waals surface area contributed by atoms with Crippen LogP contribution < -0.4 is 11.1 Å². The Morgan fingerprint density at radius 1 is 1.77 bits per heavy atom. The molecule has 1 atom stereocenters. The number of thiophene rings is 1. The van der Waals surface area contributed by atoms with E-state index in [-0.39, 0.29) is 0 Å². The Morgan fingerprint density at radius 2 is 2.54 bits per heavy atom. The van der Waals surface area contributed by atoms with Crippen LogP contribution in [0.1, 0.15) is 12.0 Å². The van der Waals surface area contributed by atoms with Gasteiger partial charge in [-0.1, -0.05) is 0 Å². The lowest BCUT2D eigenvalue weighted by Crippen LogP contribution is -2.38. The van der Waals surface area contributed by atoms with E-state index >= 15 is 0 Å². The minimum Gasteiger partial charge on any atom is -0.374 e. The molecule has 72 valence electrons. The molecular formula is C8H12N2O2S. The molecule has 0 fully saturated rings. The standard InChI is InChI=1S/C8H12N2O2S/c9-8(12)10-7(11)2-1-6-3-4-13-5-6/h3-5,7,11H,1-2H2,(H3,9,10,12). The van der Waals surface area contributed by atoms with Gasteiger partial charge in [-0.3, -0.25) is 0 Å². The molecule has 4 nitrogen and oxygen atoms in total. The molecule has 1 unspecified atom stereocenters. The van der Waals surface area contributed by atoms with Gasteiger partial charge < -0.3 is 16.2 Å². The fraction of sp³-hybridized carbons (Fsp3) is 0.375. The molecule has 0 spiro atoms. The number of carbonyl (C=O) groups is 1. The van der Waals surface area contributed by atoms with Gasteiger partial charge >= 0.3 is 6.03 Å². The summed E-state index contributed by atoms with van der Waals surface area (Å²) in [4.78, 5) is 10.3. The maximum Gasteiger partial charge on any atom is 0.314 e. The molecule has 1 aromatic rings. The topological polar surface area (TPSA) is 75.4 Å². The predicted octanol–water partition coefficient (Wildman–Crippen LogP) is 0.667. The van der Waals surface area contributed by atoms with Crippen LogP contribution in [0, 0.1) is 0 Å². The lowest BCUT2D eigenvalue weighted by atomic mass is 10.2. The van der Waals surface area contributed by atoms with E-state index in [2.05, 4.69) is 5.32 Å². The Kier molecular flexibility index (Phi) is 3.72. The Balaban J connectivity index is 2.22. The summed E-state index contributed by atoms with van der Waals surface area (Å²) in [5, 5.41) is 15.4. The molecule has 2 amide bonds. The number of hydrogen-bond donors (Lipinski definition) is 3. The first-order valence-corrected chi connectivity index (χ1v) is 4.88. The maximum absolute atomic E-state index is 10.3. The van der Waals surface area contributed by atoms with Crippen molar-refractivity contribution in [3.8, 4) is 0 Å². The molecule has 0 aromatic carbocycles. The number of hydrogen-bond acceptors (Lipinski definition) is 3. The number of nitrogens with two attached hydrogens (primary N) is 1.